The molecule has 0 aliphatic heterocycles. The van der Waals surface area contributed by atoms with Crippen LogP contribution in [0.1, 0.15) is 0 Å². The molecule has 0 bridgehead atoms. The minimum atomic E-state index is 0.551. The Balaban J connectivity index is 1.13. The third-order valence-electron chi connectivity index (χ3n) is 13.0. The predicted octanol–water partition coefficient (Wildman–Crippen LogP) is 15.6. The van der Waals surface area contributed by atoms with Gasteiger partial charge in [0.2, 0.25) is 5.95 Å². The summed E-state index contributed by atoms with van der Waals surface area (Å²) < 4.78 is 4.76. The summed E-state index contributed by atoms with van der Waals surface area (Å²) in [6.07, 6.45) is 0. The Hall–Kier alpha value is -8.93. The first-order valence-corrected chi connectivity index (χ1v) is 22.4. The van der Waals surface area contributed by atoms with E-state index >= 15 is 0 Å². The molecule has 0 saturated carbocycles. The molecule has 5 heteroatoms. The van der Waals surface area contributed by atoms with Crippen molar-refractivity contribution in [1.29, 1.82) is 0 Å². The Morgan fingerprint density at radius 3 is 1.44 bits per heavy atom. The fourth-order valence-corrected chi connectivity index (χ4v) is 9.94. The summed E-state index contributed by atoms with van der Waals surface area (Å²) in [4.78, 5) is 16.0. The number of aromatic nitrogens is 5. The molecule has 0 fully saturated rings. The first kappa shape index (κ1) is 37.6. The second kappa shape index (κ2) is 15.4. The molecule has 5 nitrogen and oxygen atoms in total. The van der Waals surface area contributed by atoms with Crippen LogP contribution in [0, 0.1) is 0 Å². The van der Waals surface area contributed by atoms with Crippen molar-refractivity contribution in [3.8, 4) is 67.8 Å². The monoisotopic (exact) mass is 841 g/mol. The lowest BCUT2D eigenvalue weighted by Crippen LogP contribution is -2.07. The molecule has 10 aromatic carbocycles. The lowest BCUT2D eigenvalue weighted by atomic mass is 9.91. The summed E-state index contributed by atoms with van der Waals surface area (Å²) in [5.74, 6) is 1.76. The van der Waals surface area contributed by atoms with E-state index in [1.54, 1.807) is 0 Å². The zero-order valence-corrected chi connectivity index (χ0v) is 35.8. The van der Waals surface area contributed by atoms with E-state index in [0.29, 0.717) is 17.6 Å². The van der Waals surface area contributed by atoms with Gasteiger partial charge >= 0.3 is 0 Å². The van der Waals surface area contributed by atoms with E-state index < -0.39 is 0 Å². The first-order chi connectivity index (χ1) is 32.7. The fraction of sp³-hybridized carbons (Fsp3) is 0. The van der Waals surface area contributed by atoms with Gasteiger partial charge in [0.15, 0.2) is 11.6 Å². The zero-order chi connectivity index (χ0) is 43.6. The van der Waals surface area contributed by atoms with Crippen molar-refractivity contribution in [2.45, 2.75) is 0 Å². The van der Waals surface area contributed by atoms with Crippen LogP contribution in [-0.2, 0) is 0 Å². The second-order valence-electron chi connectivity index (χ2n) is 16.8. The van der Waals surface area contributed by atoms with Gasteiger partial charge in [-0.1, -0.05) is 212 Å². The van der Waals surface area contributed by atoms with E-state index in [0.717, 1.165) is 88.4 Å². The largest absolute Gasteiger partial charge is 0.307 e. The van der Waals surface area contributed by atoms with E-state index in [9.17, 15) is 0 Å². The van der Waals surface area contributed by atoms with Crippen LogP contribution in [0.4, 0.5) is 0 Å². The number of rotatable bonds is 7. The Labute approximate surface area is 381 Å². The molecule has 13 rings (SSSR count). The first-order valence-electron chi connectivity index (χ1n) is 22.4. The molecule has 0 aliphatic rings. The highest BCUT2D eigenvalue weighted by molar-refractivity contribution is 6.24. The summed E-state index contributed by atoms with van der Waals surface area (Å²) in [6.45, 7) is 0. The van der Waals surface area contributed by atoms with Gasteiger partial charge in [-0.25, -0.2) is 4.98 Å². The van der Waals surface area contributed by atoms with E-state index in [1.165, 1.54) is 16.2 Å². The Kier molecular flexibility index (Phi) is 8.78. The minimum absolute atomic E-state index is 0.551. The van der Waals surface area contributed by atoms with Crippen LogP contribution in [0.25, 0.3) is 122 Å². The van der Waals surface area contributed by atoms with Gasteiger partial charge < -0.3 is 4.57 Å². The van der Waals surface area contributed by atoms with Gasteiger partial charge in [0.1, 0.15) is 0 Å². The molecule has 0 N–H and O–H groups in total. The molecule has 0 radical (unpaired) electrons. The molecule has 308 valence electrons. The highest BCUT2D eigenvalue weighted by atomic mass is 15.2. The summed E-state index contributed by atoms with van der Waals surface area (Å²) in [6, 6.07) is 84.2. The van der Waals surface area contributed by atoms with Crippen LogP contribution >= 0.6 is 0 Å². The molecule has 0 amide bonds. The highest BCUT2D eigenvalue weighted by Gasteiger charge is 2.25. The molecule has 13 aromatic rings. The smallest absolute Gasteiger partial charge is 0.238 e. The molecule has 3 heterocycles. The number of hydrogen-bond acceptors (Lipinski definition) is 3. The predicted molar refractivity (Wildman–Crippen MR) is 273 cm³/mol. The number of hydrogen-bond donors (Lipinski definition) is 0. The Morgan fingerprint density at radius 1 is 0.288 bits per heavy atom. The SMILES string of the molecule is c1ccc(-c2ccc(-c3nc(-c4ccccc4)nc(-n4c5ccccc5c5ccc6c7ccccc7n(-c7cccc(-c8ccc9ccccc9c8)c7-c7ccccc7)c6c54)n3)cc2)cc1. The van der Waals surface area contributed by atoms with Crippen molar-refractivity contribution in [3.05, 3.63) is 237 Å². The molecule has 0 spiro atoms. The molecule has 66 heavy (non-hydrogen) atoms. The van der Waals surface area contributed by atoms with Gasteiger partial charge in [0.25, 0.3) is 0 Å². The van der Waals surface area contributed by atoms with E-state index in [2.05, 4.69) is 221 Å². The van der Waals surface area contributed by atoms with Crippen molar-refractivity contribution in [2.24, 2.45) is 0 Å². The van der Waals surface area contributed by atoms with Crippen LogP contribution in [0.2, 0.25) is 0 Å². The maximum atomic E-state index is 5.41. The van der Waals surface area contributed by atoms with Crippen molar-refractivity contribution >= 4 is 54.4 Å². The highest BCUT2D eigenvalue weighted by Crippen LogP contribution is 2.45. The molecular weight excluding hydrogens is 803 g/mol. The second-order valence-corrected chi connectivity index (χ2v) is 16.8. The van der Waals surface area contributed by atoms with Crippen LogP contribution in [0.5, 0.6) is 0 Å². The quantitative estimate of drug-likeness (QED) is 0.161. The molecule has 0 saturated heterocycles. The summed E-state index contributed by atoms with van der Waals surface area (Å²) in [5, 5.41) is 6.98. The van der Waals surface area contributed by atoms with E-state index in [4.69, 9.17) is 15.0 Å². The molecular formula is C61H39N5. The van der Waals surface area contributed by atoms with Gasteiger partial charge in [-0.15, -0.1) is 0 Å². The summed E-state index contributed by atoms with van der Waals surface area (Å²) in [7, 11) is 0. The topological polar surface area (TPSA) is 48.5 Å². The van der Waals surface area contributed by atoms with Gasteiger partial charge in [0.05, 0.1) is 27.8 Å². The zero-order valence-electron chi connectivity index (χ0n) is 35.8. The number of para-hydroxylation sites is 2. The van der Waals surface area contributed by atoms with Crippen LogP contribution in [0.3, 0.4) is 0 Å². The Bertz CT molecular complexity index is 3960. The minimum Gasteiger partial charge on any atom is -0.307 e. The van der Waals surface area contributed by atoms with Gasteiger partial charge in [-0.05, 0) is 62.9 Å². The van der Waals surface area contributed by atoms with E-state index in [1.807, 2.05) is 24.3 Å². The van der Waals surface area contributed by atoms with Gasteiger partial charge in [-0.3, -0.25) is 4.57 Å². The Morgan fingerprint density at radius 2 is 0.773 bits per heavy atom. The number of nitrogens with zero attached hydrogens (tertiary/aromatic N) is 5. The third-order valence-corrected chi connectivity index (χ3v) is 13.0. The number of fused-ring (bicyclic) bond motifs is 8. The van der Waals surface area contributed by atoms with Crippen molar-refractivity contribution < 1.29 is 0 Å². The maximum absolute atomic E-state index is 5.41. The normalized spacial score (nSPS) is 11.6. The van der Waals surface area contributed by atoms with Gasteiger partial charge in [-0.2, -0.15) is 9.97 Å². The third kappa shape index (κ3) is 6.13. The standard InChI is InChI=1S/C61H39N5/c1-4-17-40(18-5-1)42-31-34-45(35-32-42)60-62-59(44-22-8-3-9-23-44)63-61(64-60)66-54-29-15-13-26-50(54)52-38-37-51-49-25-12-14-28-53(49)65(57(51)58(52)66)55-30-16-27-48(56(55)43-20-6-2-7-21-43)47-36-33-41-19-10-11-24-46(41)39-47/h1-39H. The number of benzene rings is 10. The molecule has 0 unspecified atom stereocenters. The summed E-state index contributed by atoms with van der Waals surface area (Å²) >= 11 is 0. The van der Waals surface area contributed by atoms with Crippen molar-refractivity contribution in [3.63, 3.8) is 0 Å². The summed E-state index contributed by atoms with van der Waals surface area (Å²) in [5.41, 5.74) is 14.1. The molecule has 0 atom stereocenters. The van der Waals surface area contributed by atoms with Crippen LogP contribution in [-0.4, -0.2) is 24.1 Å². The van der Waals surface area contributed by atoms with Crippen molar-refractivity contribution in [1.82, 2.24) is 24.1 Å². The van der Waals surface area contributed by atoms with Gasteiger partial charge in [0, 0.05) is 38.2 Å². The maximum Gasteiger partial charge on any atom is 0.238 e. The fourth-order valence-electron chi connectivity index (χ4n) is 9.94. The van der Waals surface area contributed by atoms with Crippen LogP contribution < -0.4 is 0 Å². The lowest BCUT2D eigenvalue weighted by molar-refractivity contribution is 0.953. The average molecular weight is 842 g/mol. The van der Waals surface area contributed by atoms with Crippen LogP contribution in [0.15, 0.2) is 237 Å². The van der Waals surface area contributed by atoms with E-state index in [-0.39, 0.29) is 0 Å². The molecule has 0 aliphatic carbocycles. The average Bonchev–Trinajstić information content (AvgIpc) is 3.92. The molecule has 3 aromatic heterocycles. The lowest BCUT2D eigenvalue weighted by Gasteiger charge is -2.19. The van der Waals surface area contributed by atoms with Crippen molar-refractivity contribution in [2.75, 3.05) is 0 Å².